The lowest BCUT2D eigenvalue weighted by atomic mass is 10.1. The van der Waals surface area contributed by atoms with Crippen molar-refractivity contribution in [2.75, 3.05) is 18.5 Å². The number of benzene rings is 2. The number of carbonyl (C=O) groups is 1. The van der Waals surface area contributed by atoms with E-state index in [1.165, 1.54) is 0 Å². The summed E-state index contributed by atoms with van der Waals surface area (Å²) in [4.78, 5) is 11.8. The summed E-state index contributed by atoms with van der Waals surface area (Å²) in [5.74, 6) is 0.686. The van der Waals surface area contributed by atoms with E-state index in [4.69, 9.17) is 16.3 Å². The number of para-hydroxylation sites is 1. The summed E-state index contributed by atoms with van der Waals surface area (Å²) in [6.07, 6.45) is 0.869. The number of hydrogen-bond acceptors (Lipinski definition) is 2. The zero-order valence-electron chi connectivity index (χ0n) is 12.4. The Morgan fingerprint density at radius 3 is 2.77 bits per heavy atom. The van der Waals surface area contributed by atoms with Crippen LogP contribution in [-0.2, 0) is 6.42 Å². The Hall–Kier alpha value is -2.20. The van der Waals surface area contributed by atoms with Gasteiger partial charge in [0.25, 0.3) is 0 Å². The van der Waals surface area contributed by atoms with Gasteiger partial charge in [-0.05, 0) is 36.2 Å². The Morgan fingerprint density at radius 2 is 2.00 bits per heavy atom. The van der Waals surface area contributed by atoms with E-state index in [-0.39, 0.29) is 6.03 Å². The van der Waals surface area contributed by atoms with Gasteiger partial charge in [-0.1, -0.05) is 42.8 Å². The highest BCUT2D eigenvalue weighted by Crippen LogP contribution is 2.17. The minimum Gasteiger partial charge on any atom is -0.492 e. The maximum Gasteiger partial charge on any atom is 0.319 e. The Balaban J connectivity index is 1.74. The lowest BCUT2D eigenvalue weighted by Crippen LogP contribution is -2.32. The van der Waals surface area contributed by atoms with Crippen molar-refractivity contribution in [3.63, 3.8) is 0 Å². The molecule has 2 amide bonds. The van der Waals surface area contributed by atoms with Gasteiger partial charge in [-0.2, -0.15) is 0 Å². The number of halogens is 1. The third-order valence-corrected chi connectivity index (χ3v) is 3.33. The van der Waals surface area contributed by atoms with Crippen LogP contribution >= 0.6 is 11.6 Å². The van der Waals surface area contributed by atoms with Crippen LogP contribution in [0.3, 0.4) is 0 Å². The average Bonchev–Trinajstić information content (AvgIpc) is 2.52. The van der Waals surface area contributed by atoms with Gasteiger partial charge in [0.2, 0.25) is 0 Å². The number of amides is 2. The van der Waals surface area contributed by atoms with E-state index in [2.05, 4.69) is 17.6 Å². The molecule has 116 valence electrons. The average molecular weight is 319 g/mol. The lowest BCUT2D eigenvalue weighted by molar-refractivity contribution is 0.247. The molecule has 0 aliphatic rings. The molecule has 0 saturated heterocycles. The van der Waals surface area contributed by atoms with Crippen LogP contribution in [0.1, 0.15) is 12.5 Å². The van der Waals surface area contributed by atoms with Gasteiger partial charge >= 0.3 is 6.03 Å². The van der Waals surface area contributed by atoms with Gasteiger partial charge in [0, 0.05) is 10.7 Å². The molecule has 0 heterocycles. The molecule has 0 saturated carbocycles. The Kier molecular flexibility index (Phi) is 6.10. The van der Waals surface area contributed by atoms with Crippen LogP contribution in [0.5, 0.6) is 5.75 Å². The van der Waals surface area contributed by atoms with Crippen molar-refractivity contribution in [2.24, 2.45) is 0 Å². The molecule has 0 bridgehead atoms. The fourth-order valence-corrected chi connectivity index (χ4v) is 2.19. The molecule has 2 rings (SSSR count). The number of aryl methyl sites for hydroxylation is 1. The van der Waals surface area contributed by atoms with Crippen LogP contribution in [0.15, 0.2) is 48.5 Å². The molecule has 22 heavy (non-hydrogen) atoms. The molecular weight excluding hydrogens is 300 g/mol. The predicted octanol–water partition coefficient (Wildman–Crippen LogP) is 4.10. The van der Waals surface area contributed by atoms with Crippen molar-refractivity contribution in [1.82, 2.24) is 5.32 Å². The van der Waals surface area contributed by atoms with Crippen LogP contribution in [0.25, 0.3) is 0 Å². The van der Waals surface area contributed by atoms with Gasteiger partial charge in [0.15, 0.2) is 0 Å². The van der Waals surface area contributed by atoms with Gasteiger partial charge in [-0.15, -0.1) is 0 Å². The lowest BCUT2D eigenvalue weighted by Gasteiger charge is -2.11. The Morgan fingerprint density at radius 1 is 1.18 bits per heavy atom. The van der Waals surface area contributed by atoms with E-state index < -0.39 is 0 Å². The summed E-state index contributed by atoms with van der Waals surface area (Å²) < 4.78 is 5.51. The number of ether oxygens (including phenoxy) is 1. The summed E-state index contributed by atoms with van der Waals surface area (Å²) in [5, 5.41) is 6.23. The highest BCUT2D eigenvalue weighted by molar-refractivity contribution is 6.30. The van der Waals surface area contributed by atoms with Crippen molar-refractivity contribution in [2.45, 2.75) is 13.3 Å². The number of hydrogen-bond donors (Lipinski definition) is 2. The molecule has 0 radical (unpaired) electrons. The number of nitrogens with one attached hydrogen (secondary N) is 2. The minimum absolute atomic E-state index is 0.240. The van der Waals surface area contributed by atoms with E-state index >= 15 is 0 Å². The summed E-state index contributed by atoms with van der Waals surface area (Å²) in [7, 11) is 0. The molecule has 0 aromatic heterocycles. The third-order valence-electron chi connectivity index (χ3n) is 3.10. The summed E-state index contributed by atoms with van der Waals surface area (Å²) in [5.41, 5.74) is 1.94. The fraction of sp³-hybridized carbons (Fsp3) is 0.235. The van der Waals surface area contributed by atoms with E-state index in [1.54, 1.807) is 12.1 Å². The smallest absolute Gasteiger partial charge is 0.319 e. The van der Waals surface area contributed by atoms with E-state index in [1.807, 2.05) is 36.4 Å². The molecule has 0 aliphatic heterocycles. The zero-order chi connectivity index (χ0) is 15.8. The van der Waals surface area contributed by atoms with Crippen LogP contribution < -0.4 is 15.4 Å². The first-order chi connectivity index (χ1) is 10.7. The summed E-state index contributed by atoms with van der Waals surface area (Å²) >= 11 is 5.87. The van der Waals surface area contributed by atoms with Crippen molar-refractivity contribution >= 4 is 23.3 Å². The number of rotatable bonds is 6. The Bertz CT molecular complexity index is 632. The van der Waals surface area contributed by atoms with Gasteiger partial charge in [-0.25, -0.2) is 4.79 Å². The monoisotopic (exact) mass is 318 g/mol. The van der Waals surface area contributed by atoms with Crippen molar-refractivity contribution in [1.29, 1.82) is 0 Å². The van der Waals surface area contributed by atoms with Gasteiger partial charge in [0.05, 0.1) is 6.54 Å². The van der Waals surface area contributed by atoms with Crippen LogP contribution in [0, 0.1) is 0 Å². The normalized spacial score (nSPS) is 10.1. The molecule has 2 aromatic rings. The maximum absolute atomic E-state index is 11.8. The molecule has 0 aliphatic carbocycles. The van der Waals surface area contributed by atoms with Crippen LogP contribution in [0.4, 0.5) is 10.5 Å². The predicted molar refractivity (Wildman–Crippen MR) is 89.8 cm³/mol. The molecule has 0 fully saturated rings. The van der Waals surface area contributed by atoms with Crippen LogP contribution in [-0.4, -0.2) is 19.2 Å². The summed E-state index contributed by atoms with van der Waals surface area (Å²) in [6.45, 7) is 2.84. The second-order valence-corrected chi connectivity index (χ2v) is 5.13. The number of anilines is 1. The van der Waals surface area contributed by atoms with Crippen LogP contribution in [0.2, 0.25) is 5.02 Å². The largest absolute Gasteiger partial charge is 0.492 e. The quantitative estimate of drug-likeness (QED) is 0.788. The van der Waals surface area contributed by atoms with E-state index in [0.29, 0.717) is 23.9 Å². The first-order valence-corrected chi connectivity index (χ1v) is 7.58. The molecule has 2 aromatic carbocycles. The maximum atomic E-state index is 11.8. The van der Waals surface area contributed by atoms with Gasteiger partial charge < -0.3 is 15.4 Å². The first kappa shape index (κ1) is 16.2. The highest BCUT2D eigenvalue weighted by Gasteiger charge is 2.04. The van der Waals surface area contributed by atoms with E-state index in [0.717, 1.165) is 17.7 Å². The fourth-order valence-electron chi connectivity index (χ4n) is 2.01. The molecule has 5 heteroatoms. The molecule has 0 unspecified atom stereocenters. The zero-order valence-corrected chi connectivity index (χ0v) is 13.2. The van der Waals surface area contributed by atoms with Gasteiger partial charge in [-0.3, -0.25) is 0 Å². The Labute approximate surface area is 135 Å². The number of urea groups is 1. The SMILES string of the molecule is CCc1ccccc1NC(=O)NCCOc1cccc(Cl)c1. The first-order valence-electron chi connectivity index (χ1n) is 7.20. The standard InChI is InChI=1S/C17H19ClN2O2/c1-2-13-6-3-4-9-16(13)20-17(21)19-10-11-22-15-8-5-7-14(18)12-15/h3-9,12H,2,10-11H2,1H3,(H2,19,20,21). The second kappa shape index (κ2) is 8.29. The summed E-state index contributed by atoms with van der Waals surface area (Å²) in [6, 6.07) is 14.7. The molecule has 0 atom stereocenters. The van der Waals surface area contributed by atoms with Gasteiger partial charge in [0.1, 0.15) is 12.4 Å². The minimum atomic E-state index is -0.240. The third kappa shape index (κ3) is 4.97. The molecule has 4 nitrogen and oxygen atoms in total. The van der Waals surface area contributed by atoms with Crippen molar-refractivity contribution < 1.29 is 9.53 Å². The van der Waals surface area contributed by atoms with Crippen molar-refractivity contribution in [3.8, 4) is 5.75 Å². The van der Waals surface area contributed by atoms with E-state index in [9.17, 15) is 4.79 Å². The topological polar surface area (TPSA) is 50.4 Å². The highest BCUT2D eigenvalue weighted by atomic mass is 35.5. The molecular formula is C17H19ClN2O2. The molecule has 2 N–H and O–H groups in total. The van der Waals surface area contributed by atoms with Crippen molar-refractivity contribution in [3.05, 3.63) is 59.1 Å². The second-order valence-electron chi connectivity index (χ2n) is 4.70. The number of carbonyl (C=O) groups excluding carboxylic acids is 1. The molecule has 0 spiro atoms.